The van der Waals surface area contributed by atoms with Gasteiger partial charge in [0.05, 0.1) is 5.39 Å². The molecule has 0 unspecified atom stereocenters. The molecule has 4 aromatic rings. The monoisotopic (exact) mass is 509 g/mol. The van der Waals surface area contributed by atoms with Crippen molar-refractivity contribution in [3.63, 3.8) is 0 Å². The SMILES string of the molecule is NC(=O)c1cn(-c2ccc3c(c2)CCC3)c2nc(Nc3ccc(CCN4CCNCC4)cc3)ncc2c1=O. The van der Waals surface area contributed by atoms with Gasteiger partial charge in [0.25, 0.3) is 5.91 Å². The number of hydrogen-bond donors (Lipinski definition) is 3. The smallest absolute Gasteiger partial charge is 0.254 e. The number of amides is 1. The summed E-state index contributed by atoms with van der Waals surface area (Å²) < 4.78 is 1.77. The molecule has 4 N–H and O–H groups in total. The van der Waals surface area contributed by atoms with E-state index in [-0.39, 0.29) is 10.9 Å². The number of carbonyl (C=O) groups excluding carboxylic acids is 1. The Morgan fingerprint density at radius 3 is 2.63 bits per heavy atom. The van der Waals surface area contributed by atoms with Crippen LogP contribution in [0.4, 0.5) is 11.6 Å². The maximum absolute atomic E-state index is 13.0. The zero-order valence-electron chi connectivity index (χ0n) is 21.2. The molecule has 9 heteroatoms. The van der Waals surface area contributed by atoms with Crippen molar-refractivity contribution in [1.29, 1.82) is 0 Å². The molecule has 3 heterocycles. The minimum absolute atomic E-state index is 0.0845. The zero-order chi connectivity index (χ0) is 26.1. The Balaban J connectivity index is 1.29. The average Bonchev–Trinajstić information content (AvgIpc) is 3.41. The minimum atomic E-state index is -0.772. The van der Waals surface area contributed by atoms with Crippen molar-refractivity contribution in [2.45, 2.75) is 25.7 Å². The fraction of sp³-hybridized carbons (Fsp3) is 0.310. The molecule has 9 nitrogen and oxygen atoms in total. The van der Waals surface area contributed by atoms with E-state index >= 15 is 0 Å². The normalized spacial score (nSPS) is 15.5. The number of piperazine rings is 1. The molecule has 0 atom stereocenters. The molecule has 1 aliphatic carbocycles. The lowest BCUT2D eigenvalue weighted by Crippen LogP contribution is -2.44. The van der Waals surface area contributed by atoms with Crippen molar-refractivity contribution >= 4 is 28.6 Å². The van der Waals surface area contributed by atoms with Crippen LogP contribution in [0.1, 0.15) is 33.5 Å². The van der Waals surface area contributed by atoms with E-state index in [0.29, 0.717) is 11.6 Å². The number of anilines is 2. The summed E-state index contributed by atoms with van der Waals surface area (Å²) in [5, 5.41) is 6.89. The molecule has 0 radical (unpaired) electrons. The van der Waals surface area contributed by atoms with E-state index in [1.807, 2.05) is 18.2 Å². The highest BCUT2D eigenvalue weighted by molar-refractivity contribution is 5.96. The van der Waals surface area contributed by atoms with Gasteiger partial charge in [-0.2, -0.15) is 4.98 Å². The maximum Gasteiger partial charge on any atom is 0.254 e. The van der Waals surface area contributed by atoms with Crippen LogP contribution in [0.2, 0.25) is 0 Å². The van der Waals surface area contributed by atoms with E-state index in [9.17, 15) is 9.59 Å². The number of nitrogens with one attached hydrogen (secondary N) is 2. The van der Waals surface area contributed by atoms with Crippen molar-refractivity contribution in [2.75, 3.05) is 38.0 Å². The highest BCUT2D eigenvalue weighted by atomic mass is 16.2. The van der Waals surface area contributed by atoms with Gasteiger partial charge in [-0.25, -0.2) is 4.98 Å². The van der Waals surface area contributed by atoms with Crippen LogP contribution in [0.3, 0.4) is 0 Å². The van der Waals surface area contributed by atoms with E-state index in [1.165, 1.54) is 29.1 Å². The standard InChI is InChI=1S/C29H31N7O2/c30-27(38)25-18-36(23-9-6-20-2-1-3-21(20)16-23)28-24(26(25)37)17-32-29(34-28)33-22-7-4-19(5-8-22)10-13-35-14-11-31-12-15-35/h4-9,16-18,31H,1-3,10-15H2,(H2,30,38)(H,32,33,34). The Morgan fingerprint density at radius 2 is 1.84 bits per heavy atom. The van der Waals surface area contributed by atoms with Crippen molar-refractivity contribution in [2.24, 2.45) is 5.73 Å². The van der Waals surface area contributed by atoms with Gasteiger partial charge in [-0.3, -0.25) is 9.59 Å². The summed E-state index contributed by atoms with van der Waals surface area (Å²) in [6.07, 6.45) is 7.16. The molecule has 1 aliphatic heterocycles. The zero-order valence-corrected chi connectivity index (χ0v) is 21.2. The number of benzene rings is 2. The number of nitrogens with zero attached hydrogens (tertiary/aromatic N) is 4. The minimum Gasteiger partial charge on any atom is -0.365 e. The van der Waals surface area contributed by atoms with Crippen LogP contribution in [-0.2, 0) is 19.3 Å². The van der Waals surface area contributed by atoms with Crippen LogP contribution >= 0.6 is 0 Å². The Bertz CT molecular complexity index is 1560. The van der Waals surface area contributed by atoms with Gasteiger partial charge in [0.1, 0.15) is 5.56 Å². The molecule has 2 aliphatic rings. The summed E-state index contributed by atoms with van der Waals surface area (Å²) in [7, 11) is 0. The van der Waals surface area contributed by atoms with Gasteiger partial charge in [0.2, 0.25) is 11.4 Å². The third kappa shape index (κ3) is 4.90. The molecular formula is C29H31N7O2. The lowest BCUT2D eigenvalue weighted by atomic mass is 10.1. The number of rotatable bonds is 7. The van der Waals surface area contributed by atoms with E-state index in [2.05, 4.69) is 44.8 Å². The van der Waals surface area contributed by atoms with Gasteiger partial charge in [-0.15, -0.1) is 0 Å². The largest absolute Gasteiger partial charge is 0.365 e. The molecule has 0 spiro atoms. The Labute approximate surface area is 220 Å². The second-order valence-electron chi connectivity index (χ2n) is 10.0. The molecule has 0 bridgehead atoms. The van der Waals surface area contributed by atoms with Gasteiger partial charge < -0.3 is 25.8 Å². The first-order chi connectivity index (χ1) is 18.5. The van der Waals surface area contributed by atoms with Crippen LogP contribution in [0, 0.1) is 0 Å². The lowest BCUT2D eigenvalue weighted by molar-refractivity contribution is 0.0999. The molecular weight excluding hydrogens is 478 g/mol. The van der Waals surface area contributed by atoms with Crippen LogP contribution < -0.4 is 21.8 Å². The predicted octanol–water partition coefficient (Wildman–Crippen LogP) is 2.56. The van der Waals surface area contributed by atoms with Gasteiger partial charge in [0, 0.05) is 56.5 Å². The van der Waals surface area contributed by atoms with E-state index in [4.69, 9.17) is 10.7 Å². The summed E-state index contributed by atoms with van der Waals surface area (Å²) >= 11 is 0. The number of nitrogens with two attached hydrogens (primary N) is 1. The molecule has 1 fully saturated rings. The Morgan fingerprint density at radius 1 is 1.05 bits per heavy atom. The van der Waals surface area contributed by atoms with Crippen molar-refractivity contribution < 1.29 is 4.79 Å². The summed E-state index contributed by atoms with van der Waals surface area (Å²) in [5.41, 5.74) is 11.0. The first-order valence-corrected chi connectivity index (χ1v) is 13.2. The Kier molecular flexibility index (Phi) is 6.61. The highest BCUT2D eigenvalue weighted by Gasteiger charge is 2.18. The lowest BCUT2D eigenvalue weighted by Gasteiger charge is -2.27. The molecule has 0 saturated carbocycles. The van der Waals surface area contributed by atoms with Crippen molar-refractivity contribution in [3.8, 4) is 5.69 Å². The summed E-state index contributed by atoms with van der Waals surface area (Å²) in [5.74, 6) is -0.404. The number of aryl methyl sites for hydroxylation is 2. The van der Waals surface area contributed by atoms with Crippen LogP contribution in [0.25, 0.3) is 16.7 Å². The number of carbonyl (C=O) groups is 1. The molecule has 194 valence electrons. The topological polar surface area (TPSA) is 118 Å². The molecule has 6 rings (SSSR count). The van der Waals surface area contributed by atoms with Crippen molar-refractivity contribution in [1.82, 2.24) is 24.8 Å². The summed E-state index contributed by atoms with van der Waals surface area (Å²) in [4.78, 5) is 36.6. The molecule has 2 aromatic carbocycles. The molecule has 38 heavy (non-hydrogen) atoms. The Hall–Kier alpha value is -4.08. The highest BCUT2D eigenvalue weighted by Crippen LogP contribution is 2.26. The van der Waals surface area contributed by atoms with E-state index in [1.54, 1.807) is 4.57 Å². The third-order valence-corrected chi connectivity index (χ3v) is 7.51. The quantitative estimate of drug-likeness (QED) is 0.350. The fourth-order valence-electron chi connectivity index (χ4n) is 5.36. The average molecular weight is 510 g/mol. The van der Waals surface area contributed by atoms with E-state index < -0.39 is 11.3 Å². The predicted molar refractivity (Wildman–Crippen MR) is 148 cm³/mol. The number of fused-ring (bicyclic) bond motifs is 2. The molecule has 1 saturated heterocycles. The second-order valence-corrected chi connectivity index (χ2v) is 10.0. The first kappa shape index (κ1) is 24.3. The molecule has 2 aromatic heterocycles. The fourth-order valence-corrected chi connectivity index (χ4v) is 5.36. The van der Waals surface area contributed by atoms with Gasteiger partial charge in [0.15, 0.2) is 5.65 Å². The summed E-state index contributed by atoms with van der Waals surface area (Å²) in [6.45, 7) is 5.35. The van der Waals surface area contributed by atoms with Crippen LogP contribution in [-0.4, -0.2) is 58.1 Å². The number of pyridine rings is 1. The number of hydrogen-bond acceptors (Lipinski definition) is 7. The first-order valence-electron chi connectivity index (χ1n) is 13.2. The van der Waals surface area contributed by atoms with Gasteiger partial charge >= 0.3 is 0 Å². The number of aromatic nitrogens is 3. The van der Waals surface area contributed by atoms with Gasteiger partial charge in [-0.1, -0.05) is 18.2 Å². The van der Waals surface area contributed by atoms with Crippen molar-refractivity contribution in [3.05, 3.63) is 87.3 Å². The number of primary amides is 1. The van der Waals surface area contributed by atoms with E-state index in [0.717, 1.165) is 69.8 Å². The third-order valence-electron chi connectivity index (χ3n) is 7.51. The van der Waals surface area contributed by atoms with Crippen LogP contribution in [0.15, 0.2) is 59.7 Å². The molecule has 1 amide bonds. The van der Waals surface area contributed by atoms with Crippen LogP contribution in [0.5, 0.6) is 0 Å². The summed E-state index contributed by atoms with van der Waals surface area (Å²) in [6, 6.07) is 14.5. The van der Waals surface area contributed by atoms with Gasteiger partial charge in [-0.05, 0) is 66.6 Å². The second kappa shape index (κ2) is 10.4. The maximum atomic E-state index is 13.0.